The van der Waals surface area contributed by atoms with Crippen LogP contribution in [0, 0.1) is 0 Å². The minimum atomic E-state index is 0.334. The molecule has 0 saturated heterocycles. The third-order valence-electron chi connectivity index (χ3n) is 1.76. The Morgan fingerprint density at radius 1 is 1.09 bits per heavy atom. The zero-order valence-electron chi connectivity index (χ0n) is 7.36. The molecule has 0 saturated carbocycles. The minimum absolute atomic E-state index is 0.334. The molecule has 0 heterocycles. The van der Waals surface area contributed by atoms with Crippen LogP contribution in [0.25, 0.3) is 0 Å². The summed E-state index contributed by atoms with van der Waals surface area (Å²) in [6.07, 6.45) is 8.41. The summed E-state index contributed by atoms with van der Waals surface area (Å²) in [5, 5.41) is 0. The third-order valence-corrected chi connectivity index (χ3v) is 2.28. The Balaban J connectivity index is 2.85. The van der Waals surface area contributed by atoms with Crippen LogP contribution in [0.1, 0.15) is 51.9 Å². The molecule has 0 aliphatic carbocycles. The van der Waals surface area contributed by atoms with E-state index in [0.29, 0.717) is 4.62 Å². The topological polar surface area (TPSA) is 17.1 Å². The third kappa shape index (κ3) is 10.2. The summed E-state index contributed by atoms with van der Waals surface area (Å²) in [5.41, 5.74) is 0. The molecule has 3 radical (unpaired) electrons. The molecule has 0 aromatic rings. The van der Waals surface area contributed by atoms with E-state index < -0.39 is 0 Å². The molecule has 2 heteroatoms. The summed E-state index contributed by atoms with van der Waals surface area (Å²) in [6, 6.07) is 0. The molecule has 0 aliphatic heterocycles. The van der Waals surface area contributed by atoms with E-state index in [9.17, 15) is 4.79 Å². The molecular weight excluding hydrogens is 197 g/mol. The fourth-order valence-corrected chi connectivity index (χ4v) is 1.44. The van der Waals surface area contributed by atoms with Gasteiger partial charge in [-0.05, 0) is 0 Å². The van der Waals surface area contributed by atoms with E-state index in [-0.39, 0.29) is 0 Å². The van der Waals surface area contributed by atoms with Gasteiger partial charge in [0.15, 0.2) is 0 Å². The average Bonchev–Trinajstić information content (AvgIpc) is 1.96. The molecular formula is C9H17GeO. The van der Waals surface area contributed by atoms with Crippen LogP contribution in [0.2, 0.25) is 0 Å². The van der Waals surface area contributed by atoms with Gasteiger partial charge in [-0.3, -0.25) is 0 Å². The van der Waals surface area contributed by atoms with Crippen molar-refractivity contribution in [2.45, 2.75) is 51.9 Å². The van der Waals surface area contributed by atoms with Crippen molar-refractivity contribution in [3.05, 3.63) is 0 Å². The molecule has 0 amide bonds. The molecule has 0 atom stereocenters. The SMILES string of the molecule is CCCCCCCC[C](=O)[Ge]. The first-order valence-electron chi connectivity index (χ1n) is 4.51. The molecule has 0 aliphatic rings. The standard InChI is InChI=1S/C9H17GeO/c1-2-3-4-5-6-7-8-9(10)11/h2-8H2,1H3. The van der Waals surface area contributed by atoms with Crippen LogP contribution < -0.4 is 0 Å². The van der Waals surface area contributed by atoms with Gasteiger partial charge in [0.2, 0.25) is 0 Å². The van der Waals surface area contributed by atoms with Crippen molar-refractivity contribution in [1.29, 1.82) is 0 Å². The molecule has 11 heavy (non-hydrogen) atoms. The number of rotatable bonds is 7. The number of carbonyl (C=O) groups excluding carboxylic acids is 1. The molecule has 0 aromatic carbocycles. The van der Waals surface area contributed by atoms with Gasteiger partial charge in [-0.25, -0.2) is 0 Å². The summed E-state index contributed by atoms with van der Waals surface area (Å²) in [5.74, 6) is 0. The van der Waals surface area contributed by atoms with Crippen LogP contribution in [-0.2, 0) is 4.79 Å². The van der Waals surface area contributed by atoms with Gasteiger partial charge in [-0.2, -0.15) is 0 Å². The van der Waals surface area contributed by atoms with Crippen LogP contribution >= 0.6 is 0 Å². The van der Waals surface area contributed by atoms with Crippen molar-refractivity contribution in [3.63, 3.8) is 0 Å². The molecule has 1 nitrogen and oxygen atoms in total. The first kappa shape index (κ1) is 11.2. The average molecular weight is 214 g/mol. The first-order chi connectivity index (χ1) is 5.27. The fourth-order valence-electron chi connectivity index (χ4n) is 1.07. The summed E-state index contributed by atoms with van der Waals surface area (Å²) in [7, 11) is 0. The quantitative estimate of drug-likeness (QED) is 0.469. The molecule has 0 unspecified atom stereocenters. The summed E-state index contributed by atoms with van der Waals surface area (Å²) in [4.78, 5) is 10.5. The first-order valence-corrected chi connectivity index (χ1v) is 5.56. The molecule has 0 spiro atoms. The predicted molar refractivity (Wildman–Crippen MR) is 48.8 cm³/mol. The Hall–Kier alpha value is 0.213. The van der Waals surface area contributed by atoms with Crippen LogP contribution in [-0.4, -0.2) is 21.1 Å². The number of hydrogen-bond acceptors (Lipinski definition) is 1. The van der Waals surface area contributed by atoms with Crippen LogP contribution in [0.3, 0.4) is 0 Å². The van der Waals surface area contributed by atoms with E-state index in [1.54, 1.807) is 16.5 Å². The molecule has 0 N–H and O–H groups in total. The number of carbonyl (C=O) groups is 1. The zero-order valence-corrected chi connectivity index (χ0v) is 9.46. The molecule has 0 fully saturated rings. The van der Waals surface area contributed by atoms with Crippen LogP contribution in [0.5, 0.6) is 0 Å². The van der Waals surface area contributed by atoms with E-state index in [1.165, 1.54) is 32.1 Å². The maximum absolute atomic E-state index is 10.5. The van der Waals surface area contributed by atoms with Gasteiger partial charge in [0.05, 0.1) is 0 Å². The van der Waals surface area contributed by atoms with Crippen molar-refractivity contribution >= 4 is 21.1 Å². The van der Waals surface area contributed by atoms with Gasteiger partial charge in [-0.15, -0.1) is 0 Å². The number of unbranched alkanes of at least 4 members (excludes halogenated alkanes) is 5. The van der Waals surface area contributed by atoms with Gasteiger partial charge in [0.25, 0.3) is 0 Å². The van der Waals surface area contributed by atoms with E-state index >= 15 is 0 Å². The van der Waals surface area contributed by atoms with Gasteiger partial charge >= 0.3 is 77.8 Å². The van der Waals surface area contributed by atoms with E-state index in [0.717, 1.165) is 12.8 Å². The second kappa shape index (κ2) is 8.31. The van der Waals surface area contributed by atoms with Crippen LogP contribution in [0.15, 0.2) is 0 Å². The Labute approximate surface area is 78.2 Å². The summed E-state index contributed by atoms with van der Waals surface area (Å²) >= 11 is 1.67. The van der Waals surface area contributed by atoms with Crippen molar-refractivity contribution in [3.8, 4) is 0 Å². The Kier molecular flexibility index (Phi) is 8.47. The molecule has 63 valence electrons. The Bertz CT molecular complexity index is 102. The maximum atomic E-state index is 10.5. The van der Waals surface area contributed by atoms with E-state index in [1.807, 2.05) is 0 Å². The van der Waals surface area contributed by atoms with Gasteiger partial charge in [0.1, 0.15) is 0 Å². The molecule has 0 rings (SSSR count). The van der Waals surface area contributed by atoms with E-state index in [2.05, 4.69) is 6.92 Å². The van der Waals surface area contributed by atoms with Crippen molar-refractivity contribution < 1.29 is 4.79 Å². The fraction of sp³-hybridized carbons (Fsp3) is 0.889. The normalized spacial score (nSPS) is 10.0. The zero-order chi connectivity index (χ0) is 8.53. The Morgan fingerprint density at radius 3 is 2.18 bits per heavy atom. The van der Waals surface area contributed by atoms with Gasteiger partial charge in [-0.1, -0.05) is 0 Å². The van der Waals surface area contributed by atoms with Gasteiger partial charge < -0.3 is 0 Å². The Morgan fingerprint density at radius 2 is 1.64 bits per heavy atom. The van der Waals surface area contributed by atoms with Gasteiger partial charge in [0, 0.05) is 0 Å². The number of hydrogen-bond donors (Lipinski definition) is 0. The second-order valence-corrected chi connectivity index (χ2v) is 4.11. The van der Waals surface area contributed by atoms with Crippen molar-refractivity contribution in [2.75, 3.05) is 0 Å². The summed E-state index contributed by atoms with van der Waals surface area (Å²) < 4.78 is 0.334. The second-order valence-electron chi connectivity index (χ2n) is 2.94. The van der Waals surface area contributed by atoms with Crippen LogP contribution in [0.4, 0.5) is 0 Å². The monoisotopic (exact) mass is 215 g/mol. The van der Waals surface area contributed by atoms with Crippen molar-refractivity contribution in [1.82, 2.24) is 0 Å². The molecule has 0 bridgehead atoms. The molecule has 0 aromatic heterocycles. The van der Waals surface area contributed by atoms with Crippen molar-refractivity contribution in [2.24, 2.45) is 0 Å². The predicted octanol–water partition coefficient (Wildman–Crippen LogP) is 2.43. The summed E-state index contributed by atoms with van der Waals surface area (Å²) in [6.45, 7) is 2.22. The van der Waals surface area contributed by atoms with E-state index in [4.69, 9.17) is 0 Å².